The molecule has 0 aliphatic carbocycles. The first kappa shape index (κ1) is 14.8. The Morgan fingerprint density at radius 1 is 1.55 bits per heavy atom. The van der Waals surface area contributed by atoms with E-state index in [9.17, 15) is 10.1 Å². The highest BCUT2D eigenvalue weighted by molar-refractivity contribution is 7.99. The largest absolute Gasteiger partial charge is 0.364 e. The second-order valence-electron chi connectivity index (χ2n) is 4.72. The van der Waals surface area contributed by atoms with Crippen LogP contribution in [0.25, 0.3) is 0 Å². The minimum atomic E-state index is -0.449. The van der Waals surface area contributed by atoms with E-state index in [1.165, 1.54) is 11.9 Å². The molecule has 7 nitrogen and oxygen atoms in total. The van der Waals surface area contributed by atoms with Crippen molar-refractivity contribution in [1.29, 1.82) is 0 Å². The zero-order valence-electron chi connectivity index (χ0n) is 11.5. The Kier molecular flexibility index (Phi) is 5.40. The van der Waals surface area contributed by atoms with Crippen LogP contribution in [-0.2, 0) is 0 Å². The summed E-state index contributed by atoms with van der Waals surface area (Å²) in [4.78, 5) is 18.7. The molecule has 0 saturated carbocycles. The highest BCUT2D eigenvalue weighted by Gasteiger charge is 2.20. The SMILES string of the molecule is CCCNc1ncc([N+](=O)[O-])c(NCC2CCSC2)n1. The molecule has 0 amide bonds. The van der Waals surface area contributed by atoms with Crippen molar-refractivity contribution in [2.45, 2.75) is 19.8 Å². The van der Waals surface area contributed by atoms with Crippen molar-refractivity contribution in [3.8, 4) is 0 Å². The number of hydrogen-bond donors (Lipinski definition) is 2. The summed E-state index contributed by atoms with van der Waals surface area (Å²) in [6, 6.07) is 0. The summed E-state index contributed by atoms with van der Waals surface area (Å²) < 4.78 is 0. The first-order valence-corrected chi connectivity index (χ1v) is 7.93. The van der Waals surface area contributed by atoms with Crippen molar-refractivity contribution in [2.75, 3.05) is 35.2 Å². The van der Waals surface area contributed by atoms with Gasteiger partial charge >= 0.3 is 5.69 Å². The van der Waals surface area contributed by atoms with Gasteiger partial charge in [0.25, 0.3) is 0 Å². The Hall–Kier alpha value is -1.57. The Morgan fingerprint density at radius 3 is 3.05 bits per heavy atom. The van der Waals surface area contributed by atoms with Crippen LogP contribution in [0.4, 0.5) is 17.5 Å². The van der Waals surface area contributed by atoms with Gasteiger partial charge in [0, 0.05) is 13.1 Å². The van der Waals surface area contributed by atoms with E-state index in [0.717, 1.165) is 31.7 Å². The van der Waals surface area contributed by atoms with Gasteiger partial charge in [0.1, 0.15) is 6.20 Å². The average molecular weight is 297 g/mol. The lowest BCUT2D eigenvalue weighted by Crippen LogP contribution is -2.16. The molecule has 1 aromatic rings. The van der Waals surface area contributed by atoms with E-state index in [2.05, 4.69) is 20.6 Å². The van der Waals surface area contributed by atoms with Crippen LogP contribution in [0, 0.1) is 16.0 Å². The van der Waals surface area contributed by atoms with Crippen molar-refractivity contribution >= 4 is 29.2 Å². The first-order valence-electron chi connectivity index (χ1n) is 6.77. The molecule has 1 saturated heterocycles. The molecular formula is C12H19N5O2S. The molecule has 2 rings (SSSR count). The number of thioether (sulfide) groups is 1. The summed E-state index contributed by atoms with van der Waals surface area (Å²) in [5.41, 5.74) is -0.0716. The minimum absolute atomic E-state index is 0.0716. The third kappa shape index (κ3) is 3.96. The van der Waals surface area contributed by atoms with Crippen molar-refractivity contribution in [3.05, 3.63) is 16.3 Å². The average Bonchev–Trinajstić information content (AvgIpc) is 2.96. The molecule has 1 aromatic heterocycles. The molecule has 0 spiro atoms. The summed E-state index contributed by atoms with van der Waals surface area (Å²) in [5, 5.41) is 17.2. The second-order valence-corrected chi connectivity index (χ2v) is 5.87. The van der Waals surface area contributed by atoms with Gasteiger partial charge in [-0.05, 0) is 30.3 Å². The highest BCUT2D eigenvalue weighted by Crippen LogP contribution is 2.26. The molecule has 110 valence electrons. The number of anilines is 2. The third-order valence-electron chi connectivity index (χ3n) is 3.08. The van der Waals surface area contributed by atoms with Crippen LogP contribution in [0.5, 0.6) is 0 Å². The topological polar surface area (TPSA) is 93.0 Å². The molecule has 2 N–H and O–H groups in total. The molecule has 1 aliphatic heterocycles. The van der Waals surface area contributed by atoms with Gasteiger partial charge in [0.2, 0.25) is 11.8 Å². The zero-order valence-corrected chi connectivity index (χ0v) is 12.3. The molecule has 8 heteroatoms. The first-order chi connectivity index (χ1) is 9.70. The maximum atomic E-state index is 11.0. The van der Waals surface area contributed by atoms with Gasteiger partial charge in [-0.3, -0.25) is 10.1 Å². The van der Waals surface area contributed by atoms with E-state index in [1.54, 1.807) is 0 Å². The van der Waals surface area contributed by atoms with E-state index in [4.69, 9.17) is 0 Å². The fourth-order valence-electron chi connectivity index (χ4n) is 1.95. The standard InChI is InChI=1S/C12H19N5O2S/c1-2-4-13-12-15-7-10(17(18)19)11(16-12)14-6-9-3-5-20-8-9/h7,9H,2-6,8H2,1H3,(H2,13,14,15,16). The lowest BCUT2D eigenvalue weighted by molar-refractivity contribution is -0.384. The monoisotopic (exact) mass is 297 g/mol. The van der Waals surface area contributed by atoms with Crippen LogP contribution >= 0.6 is 11.8 Å². The van der Waals surface area contributed by atoms with Gasteiger partial charge in [0.15, 0.2) is 0 Å². The molecular weight excluding hydrogens is 278 g/mol. The lowest BCUT2D eigenvalue weighted by Gasteiger charge is -2.11. The van der Waals surface area contributed by atoms with E-state index < -0.39 is 4.92 Å². The summed E-state index contributed by atoms with van der Waals surface area (Å²) in [5.74, 6) is 3.57. The Labute approximate surface area is 122 Å². The number of nitrogens with one attached hydrogen (secondary N) is 2. The van der Waals surface area contributed by atoms with Crippen molar-refractivity contribution in [1.82, 2.24) is 9.97 Å². The summed E-state index contributed by atoms with van der Waals surface area (Å²) >= 11 is 1.92. The van der Waals surface area contributed by atoms with Crippen LogP contribution < -0.4 is 10.6 Å². The maximum Gasteiger partial charge on any atom is 0.329 e. The Bertz CT molecular complexity index is 465. The maximum absolute atomic E-state index is 11.0. The fraction of sp³-hybridized carbons (Fsp3) is 0.667. The van der Waals surface area contributed by atoms with Gasteiger partial charge in [0.05, 0.1) is 4.92 Å². The van der Waals surface area contributed by atoms with E-state index in [1.807, 2.05) is 18.7 Å². The summed E-state index contributed by atoms with van der Waals surface area (Å²) in [6.45, 7) is 3.50. The Balaban J connectivity index is 2.06. The highest BCUT2D eigenvalue weighted by atomic mass is 32.2. The molecule has 1 fully saturated rings. The predicted octanol–water partition coefficient (Wildman–Crippen LogP) is 2.37. The minimum Gasteiger partial charge on any atom is -0.364 e. The van der Waals surface area contributed by atoms with Crippen LogP contribution in [0.3, 0.4) is 0 Å². The molecule has 20 heavy (non-hydrogen) atoms. The second kappa shape index (κ2) is 7.28. The quantitative estimate of drug-likeness (QED) is 0.589. The molecule has 0 aromatic carbocycles. The molecule has 2 heterocycles. The van der Waals surface area contributed by atoms with Gasteiger partial charge in [-0.25, -0.2) is 4.98 Å². The van der Waals surface area contributed by atoms with Crippen molar-refractivity contribution in [2.24, 2.45) is 5.92 Å². The van der Waals surface area contributed by atoms with Crippen molar-refractivity contribution in [3.63, 3.8) is 0 Å². The van der Waals surface area contributed by atoms with Gasteiger partial charge < -0.3 is 10.6 Å². The number of nitrogens with zero attached hydrogens (tertiary/aromatic N) is 3. The van der Waals surface area contributed by atoms with Crippen LogP contribution in [0.1, 0.15) is 19.8 Å². The van der Waals surface area contributed by atoms with Crippen LogP contribution in [-0.4, -0.2) is 39.5 Å². The van der Waals surface area contributed by atoms with Gasteiger partial charge in [-0.15, -0.1) is 0 Å². The number of nitro groups is 1. The molecule has 0 radical (unpaired) electrons. The van der Waals surface area contributed by atoms with Gasteiger partial charge in [-0.1, -0.05) is 6.92 Å². The van der Waals surface area contributed by atoms with Crippen molar-refractivity contribution < 1.29 is 4.92 Å². The molecule has 1 unspecified atom stereocenters. The lowest BCUT2D eigenvalue weighted by atomic mass is 10.1. The number of hydrogen-bond acceptors (Lipinski definition) is 7. The fourth-order valence-corrected chi connectivity index (χ4v) is 3.23. The summed E-state index contributed by atoms with van der Waals surface area (Å²) in [6.07, 6.45) is 3.36. The Morgan fingerprint density at radius 2 is 2.40 bits per heavy atom. The zero-order chi connectivity index (χ0) is 14.4. The van der Waals surface area contributed by atoms with Crippen LogP contribution in [0.15, 0.2) is 6.20 Å². The smallest absolute Gasteiger partial charge is 0.329 e. The molecule has 0 bridgehead atoms. The summed E-state index contributed by atoms with van der Waals surface area (Å²) in [7, 11) is 0. The molecule has 1 aliphatic rings. The predicted molar refractivity (Wildman–Crippen MR) is 81.4 cm³/mol. The number of rotatable bonds is 7. The number of aromatic nitrogens is 2. The van der Waals surface area contributed by atoms with E-state index >= 15 is 0 Å². The van der Waals surface area contributed by atoms with E-state index in [0.29, 0.717) is 17.7 Å². The van der Waals surface area contributed by atoms with E-state index in [-0.39, 0.29) is 5.69 Å². The third-order valence-corrected chi connectivity index (χ3v) is 4.31. The van der Waals surface area contributed by atoms with Gasteiger partial charge in [-0.2, -0.15) is 16.7 Å². The normalized spacial score (nSPS) is 17.9. The molecule has 1 atom stereocenters. The van der Waals surface area contributed by atoms with Crippen LogP contribution in [0.2, 0.25) is 0 Å².